The molecule has 2 aliphatic carbocycles. The molecule has 1 aliphatic heterocycles. The van der Waals surface area contributed by atoms with Crippen molar-refractivity contribution in [3.05, 3.63) is 70.8 Å². The minimum atomic E-state index is -4.91. The molecule has 2 aromatic rings. The Morgan fingerprint density at radius 2 is 1.47 bits per heavy atom. The number of hydrogen-bond acceptors (Lipinski definition) is 2. The minimum Gasteiger partial charge on any atom is -0.352 e. The first kappa shape index (κ1) is 27.0. The minimum absolute atomic E-state index is 0.111. The summed E-state index contributed by atoms with van der Waals surface area (Å²) in [6.07, 6.45) is -3.60. The van der Waals surface area contributed by atoms with E-state index in [9.17, 15) is 31.1 Å². The van der Waals surface area contributed by atoms with Gasteiger partial charge in [-0.15, -0.1) is 0 Å². The summed E-state index contributed by atoms with van der Waals surface area (Å²) >= 11 is 0. The van der Waals surface area contributed by atoms with Crippen molar-refractivity contribution in [3.8, 4) is 0 Å². The first-order valence-electron chi connectivity index (χ1n) is 13.3. The number of amides is 1. The van der Waals surface area contributed by atoms with E-state index in [1.165, 1.54) is 5.56 Å². The lowest BCUT2D eigenvalue weighted by atomic mass is 9.79. The van der Waals surface area contributed by atoms with E-state index in [0.717, 1.165) is 45.2 Å². The second-order valence-electron chi connectivity index (χ2n) is 11.1. The predicted molar refractivity (Wildman–Crippen MR) is 131 cm³/mol. The van der Waals surface area contributed by atoms with Crippen LogP contribution in [0, 0.1) is 11.3 Å². The summed E-state index contributed by atoms with van der Waals surface area (Å²) in [5, 5.41) is 2.72. The normalized spacial score (nSPS) is 25.5. The highest BCUT2D eigenvalue weighted by atomic mass is 19.4. The molecular formula is C29H32F6N2O. The van der Waals surface area contributed by atoms with Gasteiger partial charge in [0.15, 0.2) is 0 Å². The van der Waals surface area contributed by atoms with E-state index in [4.69, 9.17) is 0 Å². The summed E-state index contributed by atoms with van der Waals surface area (Å²) in [5.74, 6) is 0.508. The molecule has 1 amide bonds. The van der Waals surface area contributed by atoms with Gasteiger partial charge in [-0.1, -0.05) is 30.3 Å². The third-order valence-corrected chi connectivity index (χ3v) is 8.75. The monoisotopic (exact) mass is 538 g/mol. The molecule has 0 bridgehead atoms. The van der Waals surface area contributed by atoms with Crippen LogP contribution in [-0.4, -0.2) is 29.9 Å². The summed E-state index contributed by atoms with van der Waals surface area (Å²) < 4.78 is 79.4. The molecule has 2 atom stereocenters. The Kier molecular flexibility index (Phi) is 7.26. The van der Waals surface area contributed by atoms with Crippen molar-refractivity contribution in [1.82, 2.24) is 10.2 Å². The highest BCUT2D eigenvalue weighted by Gasteiger charge is 2.55. The summed E-state index contributed by atoms with van der Waals surface area (Å²) in [6, 6.07) is 12.2. The predicted octanol–water partition coefficient (Wildman–Crippen LogP) is 7.17. The molecule has 0 radical (unpaired) electrons. The number of nitrogens with one attached hydrogen (secondary N) is 1. The lowest BCUT2D eigenvalue weighted by molar-refractivity contribution is -0.143. The van der Waals surface area contributed by atoms with Crippen LogP contribution in [0.5, 0.6) is 0 Å². The van der Waals surface area contributed by atoms with E-state index in [0.29, 0.717) is 30.9 Å². The molecule has 3 fully saturated rings. The molecule has 1 saturated heterocycles. The molecule has 9 heteroatoms. The SMILES string of the molecule is O=C(NCc1cc(C(F)(F)F)cc(C(F)(F)F)c1)C1(C2CC2)CCC(N2CCC(c3ccccc3)CC2)C1. The van der Waals surface area contributed by atoms with Gasteiger partial charge in [-0.05, 0) is 99.2 Å². The van der Waals surface area contributed by atoms with Gasteiger partial charge in [-0.2, -0.15) is 26.3 Å². The number of nitrogens with zero attached hydrogens (tertiary/aromatic N) is 1. The molecule has 3 aliphatic rings. The molecule has 0 aromatic heterocycles. The van der Waals surface area contributed by atoms with Crippen molar-refractivity contribution < 1.29 is 31.1 Å². The van der Waals surface area contributed by atoms with Crippen molar-refractivity contribution in [2.75, 3.05) is 13.1 Å². The Morgan fingerprint density at radius 1 is 0.868 bits per heavy atom. The first-order valence-corrected chi connectivity index (χ1v) is 13.3. The third-order valence-electron chi connectivity index (χ3n) is 8.75. The molecule has 1 heterocycles. The van der Waals surface area contributed by atoms with Gasteiger partial charge in [-0.3, -0.25) is 4.79 Å². The van der Waals surface area contributed by atoms with Crippen LogP contribution in [0.2, 0.25) is 0 Å². The second kappa shape index (κ2) is 10.2. The number of alkyl halides is 6. The summed E-state index contributed by atoms with van der Waals surface area (Å²) in [7, 11) is 0. The molecule has 2 unspecified atom stereocenters. The first-order chi connectivity index (χ1) is 18.0. The van der Waals surface area contributed by atoms with Crippen LogP contribution >= 0.6 is 0 Å². The third kappa shape index (κ3) is 5.72. The van der Waals surface area contributed by atoms with E-state index >= 15 is 0 Å². The molecule has 206 valence electrons. The summed E-state index contributed by atoms with van der Waals surface area (Å²) in [5.41, 5.74) is -2.19. The van der Waals surface area contributed by atoms with E-state index in [-0.39, 0.29) is 36.0 Å². The number of likely N-dealkylation sites (tertiary alicyclic amines) is 1. The molecule has 0 spiro atoms. The van der Waals surface area contributed by atoms with Gasteiger partial charge < -0.3 is 10.2 Å². The Bertz CT molecular complexity index is 1100. The lowest BCUT2D eigenvalue weighted by Crippen LogP contribution is -2.44. The maximum atomic E-state index is 13.5. The number of hydrogen-bond donors (Lipinski definition) is 1. The maximum absolute atomic E-state index is 13.5. The standard InChI is InChI=1S/C29H32F6N2O/c30-28(31,32)23-14-19(15-24(16-23)29(33,34)35)18-36-26(38)27(22-6-7-22)11-8-25(17-27)37-12-9-21(10-13-37)20-4-2-1-3-5-20/h1-5,14-16,21-22,25H,6-13,17-18H2,(H,36,38). The van der Waals surface area contributed by atoms with E-state index in [1.54, 1.807) is 0 Å². The highest BCUT2D eigenvalue weighted by Crippen LogP contribution is 2.56. The van der Waals surface area contributed by atoms with E-state index in [1.807, 2.05) is 6.07 Å². The molecule has 5 rings (SSSR count). The van der Waals surface area contributed by atoms with Crippen molar-refractivity contribution in [3.63, 3.8) is 0 Å². The number of piperidine rings is 1. The van der Waals surface area contributed by atoms with Gasteiger partial charge in [0.1, 0.15) is 0 Å². The van der Waals surface area contributed by atoms with Crippen LogP contribution in [-0.2, 0) is 23.7 Å². The van der Waals surface area contributed by atoms with Crippen LogP contribution < -0.4 is 5.32 Å². The number of carbonyl (C=O) groups excluding carboxylic acids is 1. The summed E-state index contributed by atoms with van der Waals surface area (Å²) in [4.78, 5) is 15.9. The topological polar surface area (TPSA) is 32.3 Å². The van der Waals surface area contributed by atoms with E-state index in [2.05, 4.69) is 34.5 Å². The number of benzene rings is 2. The van der Waals surface area contributed by atoms with Crippen molar-refractivity contribution >= 4 is 5.91 Å². The van der Waals surface area contributed by atoms with Crippen LogP contribution in [0.4, 0.5) is 26.3 Å². The number of carbonyl (C=O) groups is 1. The summed E-state index contributed by atoms with van der Waals surface area (Å²) in [6.45, 7) is 1.54. The molecule has 2 saturated carbocycles. The van der Waals surface area contributed by atoms with Crippen LogP contribution in [0.25, 0.3) is 0 Å². The van der Waals surface area contributed by atoms with Crippen LogP contribution in [0.15, 0.2) is 48.5 Å². The van der Waals surface area contributed by atoms with Gasteiger partial charge in [0, 0.05) is 12.6 Å². The Hall–Kier alpha value is -2.55. The number of rotatable bonds is 6. The Labute approximate surface area is 218 Å². The van der Waals surface area contributed by atoms with Crippen LogP contribution in [0.3, 0.4) is 0 Å². The van der Waals surface area contributed by atoms with Gasteiger partial charge in [0.2, 0.25) is 5.91 Å². The van der Waals surface area contributed by atoms with Gasteiger partial charge in [0.05, 0.1) is 16.5 Å². The zero-order valence-corrected chi connectivity index (χ0v) is 21.0. The maximum Gasteiger partial charge on any atom is 0.416 e. The number of halogens is 6. The fourth-order valence-corrected chi connectivity index (χ4v) is 6.56. The molecule has 2 aromatic carbocycles. The molecule has 3 nitrogen and oxygen atoms in total. The lowest BCUT2D eigenvalue weighted by Gasteiger charge is -2.37. The van der Waals surface area contributed by atoms with Gasteiger partial charge in [-0.25, -0.2) is 0 Å². The Morgan fingerprint density at radius 3 is 2.03 bits per heavy atom. The Balaban J connectivity index is 1.24. The van der Waals surface area contributed by atoms with E-state index < -0.39 is 28.9 Å². The quantitative estimate of drug-likeness (QED) is 0.396. The van der Waals surface area contributed by atoms with Gasteiger partial charge in [0.25, 0.3) is 0 Å². The molecular weight excluding hydrogens is 506 g/mol. The molecule has 38 heavy (non-hydrogen) atoms. The zero-order chi connectivity index (χ0) is 27.1. The zero-order valence-electron chi connectivity index (χ0n) is 21.0. The second-order valence-corrected chi connectivity index (χ2v) is 11.1. The van der Waals surface area contributed by atoms with Crippen molar-refractivity contribution in [2.45, 2.75) is 75.8 Å². The highest BCUT2D eigenvalue weighted by molar-refractivity contribution is 5.84. The average Bonchev–Trinajstić information content (AvgIpc) is 3.65. The van der Waals surface area contributed by atoms with Crippen molar-refractivity contribution in [1.29, 1.82) is 0 Å². The fraction of sp³-hybridized carbons (Fsp3) is 0.552. The fourth-order valence-electron chi connectivity index (χ4n) is 6.56. The van der Waals surface area contributed by atoms with Crippen molar-refractivity contribution in [2.24, 2.45) is 11.3 Å². The largest absolute Gasteiger partial charge is 0.416 e. The van der Waals surface area contributed by atoms with Crippen LogP contribution in [0.1, 0.15) is 73.1 Å². The van der Waals surface area contributed by atoms with Gasteiger partial charge >= 0.3 is 12.4 Å². The molecule has 1 N–H and O–H groups in total. The smallest absolute Gasteiger partial charge is 0.352 e. The average molecular weight is 539 g/mol.